The Morgan fingerprint density at radius 1 is 0.852 bits per heavy atom. The molecule has 140 valence electrons. The van der Waals surface area contributed by atoms with Crippen molar-refractivity contribution in [1.29, 1.82) is 0 Å². The molecule has 27 heavy (non-hydrogen) atoms. The molecule has 0 amide bonds. The quantitative estimate of drug-likeness (QED) is 0.702. The SMILES string of the molecule is c1cnn(-c2ccc(CNCc3ccc(CN4CCOCC4)cc3)cc2)c1. The van der Waals surface area contributed by atoms with Crippen LogP contribution in [0.15, 0.2) is 67.0 Å². The predicted octanol–water partition coefficient (Wildman–Crippen LogP) is 2.99. The largest absolute Gasteiger partial charge is 0.379 e. The topological polar surface area (TPSA) is 42.3 Å². The van der Waals surface area contributed by atoms with E-state index < -0.39 is 0 Å². The molecule has 3 aromatic rings. The van der Waals surface area contributed by atoms with E-state index in [0.717, 1.165) is 51.6 Å². The lowest BCUT2D eigenvalue weighted by Crippen LogP contribution is -2.35. The van der Waals surface area contributed by atoms with E-state index in [1.165, 1.54) is 16.7 Å². The van der Waals surface area contributed by atoms with E-state index in [1.54, 1.807) is 6.20 Å². The third-order valence-electron chi connectivity index (χ3n) is 4.90. The van der Waals surface area contributed by atoms with Gasteiger partial charge >= 0.3 is 0 Å². The molecule has 5 heteroatoms. The van der Waals surface area contributed by atoms with Crippen LogP contribution in [0, 0.1) is 0 Å². The third-order valence-corrected chi connectivity index (χ3v) is 4.90. The van der Waals surface area contributed by atoms with Crippen LogP contribution in [-0.4, -0.2) is 41.0 Å². The Morgan fingerprint density at radius 2 is 1.48 bits per heavy atom. The van der Waals surface area contributed by atoms with Gasteiger partial charge in [-0.25, -0.2) is 4.68 Å². The van der Waals surface area contributed by atoms with Gasteiger partial charge in [0.25, 0.3) is 0 Å². The molecule has 0 bridgehead atoms. The van der Waals surface area contributed by atoms with E-state index in [2.05, 4.69) is 63.8 Å². The molecule has 0 spiro atoms. The van der Waals surface area contributed by atoms with Crippen molar-refractivity contribution < 1.29 is 4.74 Å². The summed E-state index contributed by atoms with van der Waals surface area (Å²) in [5.41, 5.74) is 5.04. The van der Waals surface area contributed by atoms with E-state index in [4.69, 9.17) is 4.74 Å². The first-order valence-corrected chi connectivity index (χ1v) is 9.54. The van der Waals surface area contributed by atoms with Gasteiger partial charge in [0.05, 0.1) is 18.9 Å². The zero-order valence-electron chi connectivity index (χ0n) is 15.6. The molecule has 1 aliphatic rings. The first-order valence-electron chi connectivity index (χ1n) is 9.54. The Balaban J connectivity index is 1.24. The summed E-state index contributed by atoms with van der Waals surface area (Å²) in [6.45, 7) is 6.51. The number of morpholine rings is 1. The molecule has 0 aliphatic carbocycles. The highest BCUT2D eigenvalue weighted by molar-refractivity contribution is 5.33. The van der Waals surface area contributed by atoms with Crippen LogP contribution in [0.2, 0.25) is 0 Å². The fourth-order valence-corrected chi connectivity index (χ4v) is 3.32. The molecule has 2 aromatic carbocycles. The summed E-state index contributed by atoms with van der Waals surface area (Å²) in [7, 11) is 0. The summed E-state index contributed by atoms with van der Waals surface area (Å²) in [6.07, 6.45) is 3.75. The molecule has 1 aromatic heterocycles. The Kier molecular flexibility index (Phi) is 5.94. The summed E-state index contributed by atoms with van der Waals surface area (Å²) in [5, 5.41) is 7.78. The van der Waals surface area contributed by atoms with Crippen molar-refractivity contribution >= 4 is 0 Å². The molecule has 1 fully saturated rings. The maximum Gasteiger partial charge on any atom is 0.0645 e. The van der Waals surface area contributed by atoms with Crippen molar-refractivity contribution in [2.45, 2.75) is 19.6 Å². The fourth-order valence-electron chi connectivity index (χ4n) is 3.32. The number of aromatic nitrogens is 2. The van der Waals surface area contributed by atoms with Gasteiger partial charge in [-0.15, -0.1) is 0 Å². The molecular weight excluding hydrogens is 336 g/mol. The van der Waals surface area contributed by atoms with Gasteiger partial charge in [-0.05, 0) is 34.9 Å². The Bertz CT molecular complexity index is 807. The minimum absolute atomic E-state index is 0.852. The average Bonchev–Trinajstić information content (AvgIpc) is 3.26. The standard InChI is InChI=1S/C22H26N4O/c1-10-24-26(11-1)22-8-6-20(7-9-22)17-23-16-19-2-4-21(5-3-19)18-25-12-14-27-15-13-25/h1-11,23H,12-18H2. The van der Waals surface area contributed by atoms with Crippen molar-refractivity contribution in [2.24, 2.45) is 0 Å². The lowest BCUT2D eigenvalue weighted by atomic mass is 10.1. The van der Waals surface area contributed by atoms with Crippen molar-refractivity contribution in [3.8, 4) is 5.69 Å². The highest BCUT2D eigenvalue weighted by Crippen LogP contribution is 2.11. The van der Waals surface area contributed by atoms with E-state index in [0.29, 0.717) is 0 Å². The number of benzene rings is 2. The van der Waals surface area contributed by atoms with E-state index in [1.807, 2.05) is 16.9 Å². The minimum Gasteiger partial charge on any atom is -0.379 e. The Labute approximate surface area is 160 Å². The molecule has 2 heterocycles. The van der Waals surface area contributed by atoms with Crippen molar-refractivity contribution in [3.05, 3.63) is 83.7 Å². The second-order valence-corrected chi connectivity index (χ2v) is 6.93. The van der Waals surface area contributed by atoms with Crippen molar-refractivity contribution in [2.75, 3.05) is 26.3 Å². The van der Waals surface area contributed by atoms with Crippen LogP contribution in [-0.2, 0) is 24.4 Å². The van der Waals surface area contributed by atoms with E-state index in [9.17, 15) is 0 Å². The Hall–Kier alpha value is -2.47. The first kappa shape index (κ1) is 17.9. The van der Waals surface area contributed by atoms with Crippen molar-refractivity contribution in [1.82, 2.24) is 20.0 Å². The van der Waals surface area contributed by atoms with Crippen LogP contribution in [0.4, 0.5) is 0 Å². The molecule has 4 rings (SSSR count). The molecule has 0 saturated carbocycles. The maximum atomic E-state index is 5.41. The van der Waals surface area contributed by atoms with Crippen LogP contribution >= 0.6 is 0 Å². The fraction of sp³-hybridized carbons (Fsp3) is 0.318. The van der Waals surface area contributed by atoms with Crippen molar-refractivity contribution in [3.63, 3.8) is 0 Å². The number of hydrogen-bond acceptors (Lipinski definition) is 4. The van der Waals surface area contributed by atoms with Crippen LogP contribution < -0.4 is 5.32 Å². The monoisotopic (exact) mass is 362 g/mol. The highest BCUT2D eigenvalue weighted by Gasteiger charge is 2.10. The van der Waals surface area contributed by atoms with Gasteiger partial charge in [-0.1, -0.05) is 36.4 Å². The van der Waals surface area contributed by atoms with Crippen LogP contribution in [0.25, 0.3) is 5.69 Å². The third kappa shape index (κ3) is 5.04. The molecule has 5 nitrogen and oxygen atoms in total. The van der Waals surface area contributed by atoms with Gasteiger partial charge in [0, 0.05) is 45.1 Å². The average molecular weight is 362 g/mol. The second-order valence-electron chi connectivity index (χ2n) is 6.93. The molecule has 1 saturated heterocycles. The second kappa shape index (κ2) is 8.95. The number of nitrogens with zero attached hydrogens (tertiary/aromatic N) is 3. The number of hydrogen-bond donors (Lipinski definition) is 1. The zero-order valence-corrected chi connectivity index (χ0v) is 15.6. The maximum absolute atomic E-state index is 5.41. The van der Waals surface area contributed by atoms with Gasteiger partial charge in [-0.2, -0.15) is 5.10 Å². The first-order chi connectivity index (χ1) is 13.4. The summed E-state index contributed by atoms with van der Waals surface area (Å²) >= 11 is 0. The summed E-state index contributed by atoms with van der Waals surface area (Å²) < 4.78 is 7.28. The number of nitrogens with one attached hydrogen (secondary N) is 1. The molecule has 0 unspecified atom stereocenters. The predicted molar refractivity (Wildman–Crippen MR) is 107 cm³/mol. The molecular formula is C22H26N4O. The van der Waals surface area contributed by atoms with Gasteiger partial charge in [-0.3, -0.25) is 4.90 Å². The lowest BCUT2D eigenvalue weighted by molar-refractivity contribution is 0.0342. The molecule has 1 N–H and O–H groups in total. The molecule has 1 aliphatic heterocycles. The molecule has 0 radical (unpaired) electrons. The summed E-state index contributed by atoms with van der Waals surface area (Å²) in [6, 6.07) is 19.4. The number of ether oxygens (including phenoxy) is 1. The van der Waals surface area contributed by atoms with Crippen LogP contribution in [0.5, 0.6) is 0 Å². The Morgan fingerprint density at radius 3 is 2.11 bits per heavy atom. The van der Waals surface area contributed by atoms with Gasteiger partial charge in [0.15, 0.2) is 0 Å². The van der Waals surface area contributed by atoms with E-state index in [-0.39, 0.29) is 0 Å². The zero-order chi connectivity index (χ0) is 18.3. The normalized spacial score (nSPS) is 15.1. The minimum atomic E-state index is 0.852. The van der Waals surface area contributed by atoms with Gasteiger partial charge in [0.1, 0.15) is 0 Å². The highest BCUT2D eigenvalue weighted by atomic mass is 16.5. The lowest BCUT2D eigenvalue weighted by Gasteiger charge is -2.26. The molecule has 0 atom stereocenters. The number of rotatable bonds is 7. The summed E-state index contributed by atoms with van der Waals surface area (Å²) in [4.78, 5) is 2.45. The van der Waals surface area contributed by atoms with Gasteiger partial charge < -0.3 is 10.1 Å². The van der Waals surface area contributed by atoms with E-state index >= 15 is 0 Å². The van der Waals surface area contributed by atoms with Gasteiger partial charge in [0.2, 0.25) is 0 Å². The van der Waals surface area contributed by atoms with Crippen LogP contribution in [0.1, 0.15) is 16.7 Å². The van der Waals surface area contributed by atoms with Crippen LogP contribution in [0.3, 0.4) is 0 Å². The summed E-state index contributed by atoms with van der Waals surface area (Å²) in [5.74, 6) is 0. The smallest absolute Gasteiger partial charge is 0.0645 e.